The van der Waals surface area contributed by atoms with Crippen molar-refractivity contribution >= 4 is 11.6 Å². The lowest BCUT2D eigenvalue weighted by atomic mass is 10.1. The highest BCUT2D eigenvalue weighted by Crippen LogP contribution is 2.29. The van der Waals surface area contributed by atoms with E-state index in [0.717, 1.165) is 44.7 Å². The molecule has 2 unspecified atom stereocenters. The average molecular weight is 378 g/mol. The largest absolute Gasteiger partial charge is 0.311 e. The second kappa shape index (κ2) is 8.46. The molecular weight excluding hydrogens is 346 g/mol. The fourth-order valence-corrected chi connectivity index (χ4v) is 4.72. The third-order valence-electron chi connectivity index (χ3n) is 6.47. The van der Waals surface area contributed by atoms with Gasteiger partial charge in [-0.15, -0.1) is 0 Å². The Bertz CT molecular complexity index is 807. The number of fused-ring (bicyclic) bond motifs is 1. The zero-order valence-corrected chi connectivity index (χ0v) is 17.1. The van der Waals surface area contributed by atoms with Gasteiger partial charge < -0.3 is 4.90 Å². The molecule has 0 bridgehead atoms. The lowest BCUT2D eigenvalue weighted by Crippen LogP contribution is -2.45. The summed E-state index contributed by atoms with van der Waals surface area (Å²) >= 11 is 0. The first kappa shape index (κ1) is 19.2. The monoisotopic (exact) mass is 377 g/mol. The van der Waals surface area contributed by atoms with Crippen molar-refractivity contribution in [2.75, 3.05) is 37.6 Å². The number of nitrogens with zero attached hydrogens (tertiary/aromatic N) is 3. The topological polar surface area (TPSA) is 26.8 Å². The summed E-state index contributed by atoms with van der Waals surface area (Å²) in [6.45, 7) is 8.85. The molecule has 0 radical (unpaired) electrons. The van der Waals surface area contributed by atoms with Crippen LogP contribution in [-0.2, 0) is 11.2 Å². The van der Waals surface area contributed by atoms with E-state index in [1.807, 2.05) is 11.0 Å². The number of hydrogen-bond acceptors (Lipinski definition) is 3. The Labute approximate surface area is 168 Å². The van der Waals surface area contributed by atoms with Gasteiger partial charge in [-0.2, -0.15) is 0 Å². The van der Waals surface area contributed by atoms with Crippen molar-refractivity contribution < 1.29 is 4.79 Å². The summed E-state index contributed by atoms with van der Waals surface area (Å²) < 4.78 is 0. The van der Waals surface area contributed by atoms with E-state index in [-0.39, 0.29) is 5.91 Å². The van der Waals surface area contributed by atoms with Gasteiger partial charge in [0.2, 0.25) is 5.91 Å². The van der Waals surface area contributed by atoms with Crippen LogP contribution >= 0.6 is 0 Å². The minimum absolute atomic E-state index is 0.237. The molecule has 28 heavy (non-hydrogen) atoms. The summed E-state index contributed by atoms with van der Waals surface area (Å²) in [4.78, 5) is 20.0. The number of carbonyl (C=O) groups is 1. The van der Waals surface area contributed by atoms with Crippen LogP contribution in [0.1, 0.15) is 37.4 Å². The molecular formula is C24H31N3O. The number of para-hydroxylation sites is 1. The second-order valence-corrected chi connectivity index (χ2v) is 8.01. The highest BCUT2D eigenvalue weighted by molar-refractivity contribution is 5.96. The van der Waals surface area contributed by atoms with Crippen LogP contribution in [0.15, 0.2) is 54.6 Å². The lowest BCUT2D eigenvalue weighted by Gasteiger charge is -2.30. The van der Waals surface area contributed by atoms with Gasteiger partial charge in [-0.3, -0.25) is 14.6 Å². The van der Waals surface area contributed by atoms with Gasteiger partial charge >= 0.3 is 0 Å². The molecule has 2 heterocycles. The van der Waals surface area contributed by atoms with E-state index in [0.29, 0.717) is 18.6 Å². The van der Waals surface area contributed by atoms with Gasteiger partial charge in [-0.05, 0) is 43.5 Å². The molecule has 0 aromatic heterocycles. The van der Waals surface area contributed by atoms with Crippen molar-refractivity contribution in [1.29, 1.82) is 0 Å². The Balaban J connectivity index is 1.38. The quantitative estimate of drug-likeness (QED) is 0.767. The predicted molar refractivity (Wildman–Crippen MR) is 115 cm³/mol. The molecule has 4 rings (SSSR count). The van der Waals surface area contributed by atoms with E-state index < -0.39 is 0 Å². The number of rotatable bonds is 6. The van der Waals surface area contributed by atoms with Crippen LogP contribution in [-0.4, -0.2) is 54.5 Å². The van der Waals surface area contributed by atoms with Crippen LogP contribution in [0.2, 0.25) is 0 Å². The minimum atomic E-state index is 0.237. The SMILES string of the molecule is CCN(CC(=O)N1CCc2ccccc21)C1CCN(C(C)c2ccccc2)C1. The molecule has 0 saturated carbocycles. The fraction of sp³-hybridized carbons (Fsp3) is 0.458. The van der Waals surface area contributed by atoms with Crippen LogP contribution in [0.5, 0.6) is 0 Å². The van der Waals surface area contributed by atoms with Crippen LogP contribution in [0.25, 0.3) is 0 Å². The number of likely N-dealkylation sites (N-methyl/N-ethyl adjacent to an activating group) is 1. The van der Waals surface area contributed by atoms with Gasteiger partial charge in [-0.1, -0.05) is 55.5 Å². The summed E-state index contributed by atoms with van der Waals surface area (Å²) in [5, 5.41) is 0. The first-order chi connectivity index (χ1) is 13.7. The molecule has 4 nitrogen and oxygen atoms in total. The van der Waals surface area contributed by atoms with Crippen molar-refractivity contribution in [3.05, 3.63) is 65.7 Å². The van der Waals surface area contributed by atoms with Crippen LogP contribution < -0.4 is 4.90 Å². The van der Waals surface area contributed by atoms with Gasteiger partial charge in [0.15, 0.2) is 0 Å². The van der Waals surface area contributed by atoms with Crippen molar-refractivity contribution in [2.45, 2.75) is 38.8 Å². The zero-order chi connectivity index (χ0) is 19.5. The summed E-state index contributed by atoms with van der Waals surface area (Å²) in [6, 6.07) is 19.9. The second-order valence-electron chi connectivity index (χ2n) is 8.01. The molecule has 0 spiro atoms. The number of likely N-dealkylation sites (tertiary alicyclic amines) is 1. The van der Waals surface area contributed by atoms with E-state index in [2.05, 4.69) is 72.2 Å². The van der Waals surface area contributed by atoms with Crippen molar-refractivity contribution in [3.8, 4) is 0 Å². The van der Waals surface area contributed by atoms with E-state index in [1.54, 1.807) is 0 Å². The maximum absolute atomic E-state index is 13.0. The molecule has 1 fully saturated rings. The number of amides is 1. The third kappa shape index (κ3) is 3.85. The molecule has 0 aliphatic carbocycles. The molecule has 2 aromatic carbocycles. The van der Waals surface area contributed by atoms with E-state index >= 15 is 0 Å². The van der Waals surface area contributed by atoms with Gasteiger partial charge in [0.1, 0.15) is 0 Å². The molecule has 2 atom stereocenters. The summed E-state index contributed by atoms with van der Waals surface area (Å²) in [6.07, 6.45) is 2.11. The van der Waals surface area contributed by atoms with Crippen molar-refractivity contribution in [1.82, 2.24) is 9.80 Å². The number of hydrogen-bond donors (Lipinski definition) is 0. The maximum Gasteiger partial charge on any atom is 0.241 e. The Morgan fingerprint density at radius 3 is 2.64 bits per heavy atom. The average Bonchev–Trinajstić information content (AvgIpc) is 3.39. The first-order valence-corrected chi connectivity index (χ1v) is 10.6. The molecule has 2 aliphatic rings. The molecule has 148 valence electrons. The van der Waals surface area contributed by atoms with Crippen LogP contribution in [0.4, 0.5) is 5.69 Å². The molecule has 2 aromatic rings. The molecule has 1 amide bonds. The zero-order valence-electron chi connectivity index (χ0n) is 17.1. The molecule has 1 saturated heterocycles. The predicted octanol–water partition coefficient (Wildman–Crippen LogP) is 3.73. The number of carbonyl (C=O) groups excluding carboxylic acids is 1. The number of benzene rings is 2. The van der Waals surface area contributed by atoms with Crippen LogP contribution in [0.3, 0.4) is 0 Å². The first-order valence-electron chi connectivity index (χ1n) is 10.6. The van der Waals surface area contributed by atoms with Crippen molar-refractivity contribution in [3.63, 3.8) is 0 Å². The van der Waals surface area contributed by atoms with Gasteiger partial charge in [0.25, 0.3) is 0 Å². The van der Waals surface area contributed by atoms with Crippen LogP contribution in [0, 0.1) is 0 Å². The van der Waals surface area contributed by atoms with E-state index in [1.165, 1.54) is 11.1 Å². The standard InChI is InChI=1S/C24H31N3O/c1-3-25(18-24(28)27-16-13-21-11-7-8-12-23(21)27)22-14-15-26(17-22)19(2)20-9-5-4-6-10-20/h4-12,19,22H,3,13-18H2,1-2H3. The van der Waals surface area contributed by atoms with Crippen molar-refractivity contribution in [2.24, 2.45) is 0 Å². The number of anilines is 1. The highest BCUT2D eigenvalue weighted by atomic mass is 16.2. The summed E-state index contributed by atoms with van der Waals surface area (Å²) in [5.74, 6) is 0.237. The smallest absolute Gasteiger partial charge is 0.241 e. The Morgan fingerprint density at radius 1 is 1.11 bits per heavy atom. The molecule has 0 N–H and O–H groups in total. The maximum atomic E-state index is 13.0. The summed E-state index contributed by atoms with van der Waals surface area (Å²) in [7, 11) is 0. The fourth-order valence-electron chi connectivity index (χ4n) is 4.72. The normalized spacial score (nSPS) is 20.5. The van der Waals surface area contributed by atoms with Gasteiger partial charge in [-0.25, -0.2) is 0 Å². The third-order valence-corrected chi connectivity index (χ3v) is 6.47. The molecule has 2 aliphatic heterocycles. The van der Waals surface area contributed by atoms with E-state index in [4.69, 9.17) is 0 Å². The minimum Gasteiger partial charge on any atom is -0.311 e. The highest BCUT2D eigenvalue weighted by Gasteiger charge is 2.32. The Kier molecular flexibility index (Phi) is 5.79. The Morgan fingerprint density at radius 2 is 1.86 bits per heavy atom. The lowest BCUT2D eigenvalue weighted by molar-refractivity contribution is -0.120. The Hall–Kier alpha value is -2.17. The molecule has 4 heteroatoms. The van der Waals surface area contributed by atoms with E-state index in [9.17, 15) is 4.79 Å². The van der Waals surface area contributed by atoms with Gasteiger partial charge in [0, 0.05) is 37.4 Å². The summed E-state index contributed by atoms with van der Waals surface area (Å²) in [5.41, 5.74) is 3.77. The van der Waals surface area contributed by atoms with Gasteiger partial charge in [0.05, 0.1) is 6.54 Å².